The molecule has 4 heteroatoms. The fourth-order valence-corrected chi connectivity index (χ4v) is 5.91. The van der Waals surface area contributed by atoms with Gasteiger partial charge in [-0.1, -0.05) is 0 Å². The van der Waals surface area contributed by atoms with Crippen molar-refractivity contribution in [2.45, 2.75) is 20.8 Å². The second-order valence-corrected chi connectivity index (χ2v) is 9.18. The molecule has 4 rings (SSSR count). The van der Waals surface area contributed by atoms with E-state index in [1.54, 1.807) is 7.11 Å². The summed E-state index contributed by atoms with van der Waals surface area (Å²) in [5.74, 6) is 1.04. The van der Waals surface area contributed by atoms with E-state index >= 15 is 0 Å². The Morgan fingerprint density at radius 3 is 1.86 bits per heavy atom. The summed E-state index contributed by atoms with van der Waals surface area (Å²) in [6.45, 7) is 6.52. The topological polar surface area (TPSA) is 9.23 Å². The fraction of sp³-hybridized carbons (Fsp3) is 0.222. The lowest BCUT2D eigenvalue weighted by Crippen LogP contribution is -1.86. The van der Waals surface area contributed by atoms with E-state index in [1.807, 2.05) is 34.0 Å². The Labute approximate surface area is 141 Å². The Bertz CT molecular complexity index is 943. The van der Waals surface area contributed by atoms with Crippen molar-refractivity contribution in [3.63, 3.8) is 0 Å². The standard InChI is InChI=1S/C18H16OS3/c1-9-5-12(8-20-9)15-13-6-10(2)21-17(13)16(19-4)18-14(15)7-11(3)22-18/h5-8H,1-4H3. The monoisotopic (exact) mass is 344 g/mol. The fourth-order valence-electron chi connectivity index (χ4n) is 3.06. The quantitative estimate of drug-likeness (QED) is 0.389. The molecule has 0 radical (unpaired) electrons. The van der Waals surface area contributed by atoms with E-state index in [-0.39, 0.29) is 0 Å². The van der Waals surface area contributed by atoms with Crippen molar-refractivity contribution < 1.29 is 4.74 Å². The van der Waals surface area contributed by atoms with Crippen molar-refractivity contribution in [3.05, 3.63) is 38.2 Å². The van der Waals surface area contributed by atoms with Gasteiger partial charge in [0.25, 0.3) is 0 Å². The summed E-state index contributed by atoms with van der Waals surface area (Å²) in [7, 11) is 1.78. The number of benzene rings is 1. The van der Waals surface area contributed by atoms with E-state index in [0.717, 1.165) is 5.75 Å². The Balaban J connectivity index is 2.24. The van der Waals surface area contributed by atoms with Crippen LogP contribution in [0.15, 0.2) is 23.6 Å². The minimum atomic E-state index is 1.04. The molecule has 22 heavy (non-hydrogen) atoms. The summed E-state index contributed by atoms with van der Waals surface area (Å²) in [5, 5.41) is 4.92. The highest BCUT2D eigenvalue weighted by molar-refractivity contribution is 7.22. The third-order valence-electron chi connectivity index (χ3n) is 3.89. The molecule has 0 amide bonds. The zero-order chi connectivity index (χ0) is 15.4. The number of hydrogen-bond donors (Lipinski definition) is 0. The van der Waals surface area contributed by atoms with Crippen LogP contribution in [0.25, 0.3) is 31.3 Å². The third kappa shape index (κ3) is 2.02. The van der Waals surface area contributed by atoms with Gasteiger partial charge in [-0.3, -0.25) is 0 Å². The normalized spacial score (nSPS) is 11.6. The molecule has 1 nitrogen and oxygen atoms in total. The molecule has 0 bridgehead atoms. The SMILES string of the molecule is COc1c2sc(C)cc2c(-c2csc(C)c2)c2cc(C)sc12. The molecule has 0 aliphatic carbocycles. The van der Waals surface area contributed by atoms with Gasteiger partial charge in [-0.05, 0) is 49.9 Å². The molecule has 4 aromatic rings. The van der Waals surface area contributed by atoms with E-state index in [0.29, 0.717) is 0 Å². The van der Waals surface area contributed by atoms with Crippen LogP contribution in [0.2, 0.25) is 0 Å². The zero-order valence-corrected chi connectivity index (χ0v) is 15.4. The van der Waals surface area contributed by atoms with Crippen molar-refractivity contribution in [1.29, 1.82) is 0 Å². The van der Waals surface area contributed by atoms with Crippen LogP contribution in [0.4, 0.5) is 0 Å². The third-order valence-corrected chi connectivity index (χ3v) is 6.84. The van der Waals surface area contributed by atoms with Crippen molar-refractivity contribution in [1.82, 2.24) is 0 Å². The number of aryl methyl sites for hydroxylation is 3. The molecule has 0 atom stereocenters. The van der Waals surface area contributed by atoms with Crippen molar-refractivity contribution in [2.75, 3.05) is 7.11 Å². The minimum Gasteiger partial charge on any atom is -0.494 e. The minimum absolute atomic E-state index is 1.04. The highest BCUT2D eigenvalue weighted by atomic mass is 32.1. The van der Waals surface area contributed by atoms with Gasteiger partial charge < -0.3 is 4.74 Å². The van der Waals surface area contributed by atoms with Gasteiger partial charge >= 0.3 is 0 Å². The maximum absolute atomic E-state index is 5.79. The van der Waals surface area contributed by atoms with Gasteiger partial charge in [0.15, 0.2) is 5.75 Å². The first-order chi connectivity index (χ1) is 10.6. The second kappa shape index (κ2) is 5.08. The maximum atomic E-state index is 5.79. The molecular weight excluding hydrogens is 328 g/mol. The largest absolute Gasteiger partial charge is 0.494 e. The van der Waals surface area contributed by atoms with Gasteiger partial charge in [0.2, 0.25) is 0 Å². The van der Waals surface area contributed by atoms with Crippen molar-refractivity contribution in [2.24, 2.45) is 0 Å². The van der Waals surface area contributed by atoms with Crippen LogP contribution >= 0.6 is 34.0 Å². The Morgan fingerprint density at radius 1 is 0.818 bits per heavy atom. The number of rotatable bonds is 2. The molecule has 3 heterocycles. The summed E-state index contributed by atoms with van der Waals surface area (Å²) < 4.78 is 8.33. The summed E-state index contributed by atoms with van der Waals surface area (Å²) in [5.41, 5.74) is 2.69. The number of fused-ring (bicyclic) bond motifs is 2. The summed E-state index contributed by atoms with van der Waals surface area (Å²) in [6, 6.07) is 6.90. The molecular formula is C18H16OS3. The van der Waals surface area contributed by atoms with E-state index in [1.165, 1.54) is 45.9 Å². The van der Waals surface area contributed by atoms with Crippen LogP contribution in [-0.2, 0) is 0 Å². The van der Waals surface area contributed by atoms with Gasteiger partial charge in [0.1, 0.15) is 0 Å². The van der Waals surface area contributed by atoms with Gasteiger partial charge in [-0.2, -0.15) is 0 Å². The van der Waals surface area contributed by atoms with Gasteiger partial charge in [-0.25, -0.2) is 0 Å². The number of hydrogen-bond acceptors (Lipinski definition) is 4. The molecule has 0 aliphatic rings. The predicted molar refractivity (Wildman–Crippen MR) is 101 cm³/mol. The van der Waals surface area contributed by atoms with Crippen molar-refractivity contribution >= 4 is 54.2 Å². The number of methoxy groups -OCH3 is 1. The molecule has 112 valence electrons. The lowest BCUT2D eigenvalue weighted by atomic mass is 9.99. The predicted octanol–water partition coefficient (Wildman–Crippen LogP) is 6.78. The molecule has 0 unspecified atom stereocenters. The van der Waals surface area contributed by atoms with E-state index < -0.39 is 0 Å². The lowest BCUT2D eigenvalue weighted by Gasteiger charge is -2.09. The van der Waals surface area contributed by atoms with Gasteiger partial charge in [-0.15, -0.1) is 34.0 Å². The molecule has 0 saturated heterocycles. The lowest BCUT2D eigenvalue weighted by molar-refractivity contribution is 0.426. The smallest absolute Gasteiger partial charge is 0.154 e. The van der Waals surface area contributed by atoms with Gasteiger partial charge in [0.05, 0.1) is 16.5 Å². The average Bonchev–Trinajstić information content (AvgIpc) is 3.14. The molecule has 0 saturated carbocycles. The summed E-state index contributed by atoms with van der Waals surface area (Å²) in [4.78, 5) is 4.01. The Kier molecular flexibility index (Phi) is 3.29. The first-order valence-electron chi connectivity index (χ1n) is 7.14. The summed E-state index contributed by atoms with van der Waals surface area (Å²) >= 11 is 5.47. The molecule has 1 aromatic carbocycles. The van der Waals surface area contributed by atoms with Crippen LogP contribution in [0.5, 0.6) is 5.75 Å². The van der Waals surface area contributed by atoms with E-state index in [2.05, 4.69) is 44.4 Å². The molecule has 0 spiro atoms. The summed E-state index contributed by atoms with van der Waals surface area (Å²) in [6.07, 6.45) is 0. The molecule has 0 aliphatic heterocycles. The molecule has 0 N–H and O–H groups in total. The van der Waals surface area contributed by atoms with Crippen LogP contribution in [0.1, 0.15) is 14.6 Å². The average molecular weight is 345 g/mol. The van der Waals surface area contributed by atoms with E-state index in [4.69, 9.17) is 4.74 Å². The van der Waals surface area contributed by atoms with Crippen LogP contribution in [-0.4, -0.2) is 7.11 Å². The number of ether oxygens (including phenoxy) is 1. The van der Waals surface area contributed by atoms with Crippen LogP contribution in [0, 0.1) is 20.8 Å². The zero-order valence-electron chi connectivity index (χ0n) is 12.9. The number of thiophene rings is 3. The van der Waals surface area contributed by atoms with Crippen LogP contribution in [0.3, 0.4) is 0 Å². The first kappa shape index (κ1) is 14.2. The Hall–Kier alpha value is -1.36. The van der Waals surface area contributed by atoms with Crippen LogP contribution < -0.4 is 4.74 Å². The maximum Gasteiger partial charge on any atom is 0.154 e. The van der Waals surface area contributed by atoms with Gasteiger partial charge in [0, 0.05) is 31.0 Å². The molecule has 0 fully saturated rings. The highest BCUT2D eigenvalue weighted by Crippen LogP contribution is 2.49. The van der Waals surface area contributed by atoms with E-state index in [9.17, 15) is 0 Å². The second-order valence-electron chi connectivity index (χ2n) is 5.55. The highest BCUT2D eigenvalue weighted by Gasteiger charge is 2.20. The molecule has 3 aromatic heterocycles. The van der Waals surface area contributed by atoms with Crippen molar-refractivity contribution in [3.8, 4) is 16.9 Å². The first-order valence-corrected chi connectivity index (χ1v) is 9.65. The Morgan fingerprint density at radius 2 is 1.41 bits per heavy atom.